The van der Waals surface area contributed by atoms with Gasteiger partial charge in [-0.15, -0.1) is 0 Å². The standard InChI is InChI=1S/C25H23NO3/c1-28-25-15-22(11-12-24(25)29-18-21-5-3-2-4-6-21)14-23(17-27)13-19-7-9-20(16-26)10-8-19/h2-13,15,27H,14,17-18H2,1H3/b23-13-. The number of nitriles is 1. The van der Waals surface area contributed by atoms with Crippen LogP contribution in [0.2, 0.25) is 0 Å². The minimum Gasteiger partial charge on any atom is -0.493 e. The maximum Gasteiger partial charge on any atom is 0.161 e. The number of nitrogens with zero attached hydrogens (tertiary/aromatic N) is 1. The summed E-state index contributed by atoms with van der Waals surface area (Å²) >= 11 is 0. The van der Waals surface area contributed by atoms with Crippen molar-refractivity contribution < 1.29 is 14.6 Å². The molecular weight excluding hydrogens is 362 g/mol. The summed E-state index contributed by atoms with van der Waals surface area (Å²) in [5.74, 6) is 1.34. The molecule has 146 valence electrons. The topological polar surface area (TPSA) is 62.5 Å². The predicted molar refractivity (Wildman–Crippen MR) is 114 cm³/mol. The average Bonchev–Trinajstić information content (AvgIpc) is 2.78. The van der Waals surface area contributed by atoms with Crippen molar-refractivity contribution in [2.45, 2.75) is 13.0 Å². The minimum atomic E-state index is -0.0470. The molecule has 0 aliphatic rings. The number of ether oxygens (including phenoxy) is 2. The van der Waals surface area contributed by atoms with E-state index in [1.54, 1.807) is 19.2 Å². The number of methoxy groups -OCH3 is 1. The molecular formula is C25H23NO3. The lowest BCUT2D eigenvalue weighted by molar-refractivity contribution is 0.284. The van der Waals surface area contributed by atoms with E-state index >= 15 is 0 Å². The molecule has 3 rings (SSSR count). The highest BCUT2D eigenvalue weighted by Gasteiger charge is 2.08. The molecule has 0 saturated carbocycles. The van der Waals surface area contributed by atoms with Crippen molar-refractivity contribution in [3.63, 3.8) is 0 Å². The van der Waals surface area contributed by atoms with Crippen LogP contribution in [0.1, 0.15) is 22.3 Å². The smallest absolute Gasteiger partial charge is 0.161 e. The fourth-order valence-electron chi connectivity index (χ4n) is 2.98. The zero-order chi connectivity index (χ0) is 20.5. The van der Waals surface area contributed by atoms with E-state index in [4.69, 9.17) is 14.7 Å². The Morgan fingerprint density at radius 1 is 0.966 bits per heavy atom. The van der Waals surface area contributed by atoms with Gasteiger partial charge in [0.1, 0.15) is 6.61 Å². The molecule has 0 bridgehead atoms. The van der Waals surface area contributed by atoms with Gasteiger partial charge in [-0.05, 0) is 52.9 Å². The molecule has 4 nitrogen and oxygen atoms in total. The fraction of sp³-hybridized carbons (Fsp3) is 0.160. The lowest BCUT2D eigenvalue weighted by Gasteiger charge is -2.13. The Hall–Kier alpha value is -3.55. The maximum absolute atomic E-state index is 9.76. The van der Waals surface area contributed by atoms with Crippen molar-refractivity contribution in [3.05, 3.63) is 101 Å². The van der Waals surface area contributed by atoms with E-state index in [0.717, 1.165) is 22.3 Å². The monoisotopic (exact) mass is 385 g/mol. The van der Waals surface area contributed by atoms with Crippen LogP contribution in [0.5, 0.6) is 11.5 Å². The third-order valence-corrected chi connectivity index (χ3v) is 4.51. The number of aliphatic hydroxyl groups excluding tert-OH is 1. The van der Waals surface area contributed by atoms with Crippen molar-refractivity contribution in [3.8, 4) is 17.6 Å². The summed E-state index contributed by atoms with van der Waals surface area (Å²) in [5.41, 5.74) is 4.54. The Bertz CT molecular complexity index is 1000. The molecule has 0 saturated heterocycles. The Morgan fingerprint density at radius 3 is 2.38 bits per heavy atom. The van der Waals surface area contributed by atoms with Crippen LogP contribution in [0.3, 0.4) is 0 Å². The first kappa shape index (κ1) is 20.2. The number of hydrogen-bond acceptors (Lipinski definition) is 4. The van der Waals surface area contributed by atoms with Crippen molar-refractivity contribution in [1.82, 2.24) is 0 Å². The van der Waals surface area contributed by atoms with Crippen LogP contribution in [0.25, 0.3) is 6.08 Å². The van der Waals surface area contributed by atoms with Gasteiger partial charge in [0.15, 0.2) is 11.5 Å². The molecule has 4 heteroatoms. The number of aliphatic hydroxyl groups is 1. The maximum atomic E-state index is 9.76. The molecule has 0 aliphatic carbocycles. The van der Waals surface area contributed by atoms with E-state index in [0.29, 0.717) is 30.1 Å². The summed E-state index contributed by atoms with van der Waals surface area (Å²) in [7, 11) is 1.62. The third-order valence-electron chi connectivity index (χ3n) is 4.51. The Morgan fingerprint density at radius 2 is 1.72 bits per heavy atom. The van der Waals surface area contributed by atoms with Gasteiger partial charge in [-0.2, -0.15) is 5.26 Å². The molecule has 0 heterocycles. The van der Waals surface area contributed by atoms with Crippen LogP contribution in [0.15, 0.2) is 78.4 Å². The van der Waals surface area contributed by atoms with Crippen molar-refractivity contribution in [2.24, 2.45) is 0 Å². The highest BCUT2D eigenvalue weighted by molar-refractivity contribution is 5.55. The van der Waals surface area contributed by atoms with Crippen LogP contribution in [-0.4, -0.2) is 18.8 Å². The normalized spacial score (nSPS) is 11.0. The van der Waals surface area contributed by atoms with Gasteiger partial charge in [-0.3, -0.25) is 0 Å². The molecule has 3 aromatic rings. The molecule has 0 spiro atoms. The molecule has 3 aromatic carbocycles. The second-order valence-corrected chi connectivity index (χ2v) is 6.63. The van der Waals surface area contributed by atoms with Crippen molar-refractivity contribution in [2.75, 3.05) is 13.7 Å². The fourth-order valence-corrected chi connectivity index (χ4v) is 2.98. The van der Waals surface area contributed by atoms with E-state index in [9.17, 15) is 5.11 Å². The lowest BCUT2D eigenvalue weighted by atomic mass is 10.0. The second kappa shape index (κ2) is 10.1. The zero-order valence-corrected chi connectivity index (χ0v) is 16.3. The van der Waals surface area contributed by atoms with Gasteiger partial charge < -0.3 is 14.6 Å². The van der Waals surface area contributed by atoms with Crippen LogP contribution in [0.4, 0.5) is 0 Å². The largest absolute Gasteiger partial charge is 0.493 e. The summed E-state index contributed by atoms with van der Waals surface area (Å²) < 4.78 is 11.4. The van der Waals surface area contributed by atoms with Crippen LogP contribution in [0, 0.1) is 11.3 Å². The summed E-state index contributed by atoms with van der Waals surface area (Å²) in [5, 5.41) is 18.7. The number of benzene rings is 3. The average molecular weight is 385 g/mol. The van der Waals surface area contributed by atoms with Gasteiger partial charge in [-0.1, -0.05) is 54.6 Å². The quantitative estimate of drug-likeness (QED) is 0.607. The third kappa shape index (κ3) is 5.71. The molecule has 0 atom stereocenters. The van der Waals surface area contributed by atoms with Gasteiger partial charge in [0.2, 0.25) is 0 Å². The van der Waals surface area contributed by atoms with E-state index in [1.165, 1.54) is 0 Å². The van der Waals surface area contributed by atoms with Crippen LogP contribution < -0.4 is 9.47 Å². The molecule has 0 aliphatic heterocycles. The van der Waals surface area contributed by atoms with Gasteiger partial charge in [-0.25, -0.2) is 0 Å². The van der Waals surface area contributed by atoms with Gasteiger partial charge >= 0.3 is 0 Å². The summed E-state index contributed by atoms with van der Waals surface area (Å²) in [6.45, 7) is 0.422. The lowest BCUT2D eigenvalue weighted by Crippen LogP contribution is -2.00. The molecule has 0 unspecified atom stereocenters. The van der Waals surface area contributed by atoms with E-state index in [1.807, 2.05) is 66.7 Å². The molecule has 0 aromatic heterocycles. The van der Waals surface area contributed by atoms with E-state index in [2.05, 4.69) is 6.07 Å². The highest BCUT2D eigenvalue weighted by Crippen LogP contribution is 2.30. The molecule has 0 fully saturated rings. The molecule has 1 N–H and O–H groups in total. The number of hydrogen-bond donors (Lipinski definition) is 1. The van der Waals surface area contributed by atoms with Crippen molar-refractivity contribution >= 4 is 6.08 Å². The van der Waals surface area contributed by atoms with E-state index in [-0.39, 0.29) is 6.61 Å². The predicted octanol–water partition coefficient (Wildman–Crippen LogP) is 4.76. The van der Waals surface area contributed by atoms with Gasteiger partial charge in [0.25, 0.3) is 0 Å². The summed E-state index contributed by atoms with van der Waals surface area (Å²) in [4.78, 5) is 0. The summed E-state index contributed by atoms with van der Waals surface area (Å²) in [6, 6.07) is 25.2. The highest BCUT2D eigenvalue weighted by atomic mass is 16.5. The summed E-state index contributed by atoms with van der Waals surface area (Å²) in [6.07, 6.45) is 2.53. The molecule has 29 heavy (non-hydrogen) atoms. The van der Waals surface area contributed by atoms with Gasteiger partial charge in [0.05, 0.1) is 25.3 Å². The molecule has 0 amide bonds. The van der Waals surface area contributed by atoms with Gasteiger partial charge in [0, 0.05) is 0 Å². The first-order valence-electron chi connectivity index (χ1n) is 9.36. The van der Waals surface area contributed by atoms with Crippen molar-refractivity contribution in [1.29, 1.82) is 5.26 Å². The first-order chi connectivity index (χ1) is 14.2. The molecule has 0 radical (unpaired) electrons. The SMILES string of the molecule is COc1cc(C/C(=C/c2ccc(C#N)cc2)CO)ccc1OCc1ccccc1. The van der Waals surface area contributed by atoms with E-state index < -0.39 is 0 Å². The number of rotatable bonds is 8. The second-order valence-electron chi connectivity index (χ2n) is 6.63. The van der Waals surface area contributed by atoms with Crippen LogP contribution in [-0.2, 0) is 13.0 Å². The van der Waals surface area contributed by atoms with Crippen LogP contribution >= 0.6 is 0 Å². The Labute approximate surface area is 171 Å². The zero-order valence-electron chi connectivity index (χ0n) is 16.3. The Kier molecular flexibility index (Phi) is 7.05. The first-order valence-corrected chi connectivity index (χ1v) is 9.36. The Balaban J connectivity index is 1.72. The minimum absolute atomic E-state index is 0.0470.